The summed E-state index contributed by atoms with van der Waals surface area (Å²) < 4.78 is 39.9. The van der Waals surface area contributed by atoms with Crippen molar-refractivity contribution in [2.45, 2.75) is 43.2 Å². The van der Waals surface area contributed by atoms with Crippen molar-refractivity contribution >= 4 is 21.6 Å². The molecule has 1 aliphatic rings. The highest BCUT2D eigenvalue weighted by molar-refractivity contribution is 7.89. The molecule has 0 aromatic heterocycles. The maximum Gasteiger partial charge on any atom is 0.243 e. The lowest BCUT2D eigenvalue weighted by molar-refractivity contribution is 0.227. The molecule has 0 bridgehead atoms. The molecule has 1 heterocycles. The number of halogens is 2. The van der Waals surface area contributed by atoms with E-state index < -0.39 is 15.8 Å². The predicted molar refractivity (Wildman–Crippen MR) is 76.6 cm³/mol. The van der Waals surface area contributed by atoms with Crippen molar-refractivity contribution in [1.29, 1.82) is 0 Å². The third kappa shape index (κ3) is 2.98. The molecule has 4 nitrogen and oxygen atoms in total. The second kappa shape index (κ2) is 5.97. The molecule has 1 aromatic carbocycles. The van der Waals surface area contributed by atoms with Gasteiger partial charge in [0.25, 0.3) is 0 Å². The van der Waals surface area contributed by atoms with Crippen LogP contribution in [-0.2, 0) is 10.0 Å². The minimum absolute atomic E-state index is 0.0106. The number of piperidine rings is 1. The van der Waals surface area contributed by atoms with E-state index in [0.717, 1.165) is 31.4 Å². The van der Waals surface area contributed by atoms with Gasteiger partial charge in [0.05, 0.1) is 9.92 Å². The largest absolute Gasteiger partial charge is 0.326 e. The molecule has 0 saturated carbocycles. The van der Waals surface area contributed by atoms with E-state index in [0.29, 0.717) is 6.54 Å². The van der Waals surface area contributed by atoms with E-state index in [2.05, 4.69) is 0 Å². The molecule has 7 heteroatoms. The fraction of sp³-hybridized carbons (Fsp3) is 0.538. The average molecular weight is 321 g/mol. The minimum Gasteiger partial charge on any atom is -0.326 e. The molecule has 0 aliphatic carbocycles. The van der Waals surface area contributed by atoms with Gasteiger partial charge in [0.1, 0.15) is 5.82 Å². The Kier molecular flexibility index (Phi) is 4.69. The first kappa shape index (κ1) is 15.7. The highest BCUT2D eigenvalue weighted by Crippen LogP contribution is 2.28. The van der Waals surface area contributed by atoms with Gasteiger partial charge in [-0.25, -0.2) is 12.8 Å². The van der Waals surface area contributed by atoms with Crippen molar-refractivity contribution < 1.29 is 12.8 Å². The Hall–Kier alpha value is -0.690. The zero-order valence-electron chi connectivity index (χ0n) is 11.2. The summed E-state index contributed by atoms with van der Waals surface area (Å²) in [4.78, 5) is 0.0106. The van der Waals surface area contributed by atoms with E-state index in [1.165, 1.54) is 10.4 Å². The van der Waals surface area contributed by atoms with Gasteiger partial charge < -0.3 is 5.73 Å². The van der Waals surface area contributed by atoms with Crippen LogP contribution in [0.3, 0.4) is 0 Å². The van der Waals surface area contributed by atoms with E-state index in [1.807, 2.05) is 0 Å². The van der Waals surface area contributed by atoms with Crippen LogP contribution in [0.2, 0.25) is 5.02 Å². The molecule has 0 spiro atoms. The second-order valence-corrected chi connectivity index (χ2v) is 7.41. The van der Waals surface area contributed by atoms with Gasteiger partial charge in [-0.3, -0.25) is 0 Å². The maximum absolute atomic E-state index is 13.2. The summed E-state index contributed by atoms with van der Waals surface area (Å²) in [6, 6.07) is 2.99. The molecular weight excluding hydrogens is 303 g/mol. The molecule has 112 valence electrons. The Bertz CT molecular complexity index is 592. The SMILES string of the molecule is CC(N)C1CCCCN1S(=O)(=O)c1ccc(F)c(Cl)c1. The summed E-state index contributed by atoms with van der Waals surface area (Å²) in [5, 5.41) is -0.194. The fourth-order valence-electron chi connectivity index (χ4n) is 2.53. The summed E-state index contributed by atoms with van der Waals surface area (Å²) in [7, 11) is -3.69. The fourth-order valence-corrected chi connectivity index (χ4v) is 4.57. The van der Waals surface area contributed by atoms with Gasteiger partial charge in [0, 0.05) is 18.6 Å². The molecule has 1 aromatic rings. The van der Waals surface area contributed by atoms with Crippen molar-refractivity contribution in [3.8, 4) is 0 Å². The first-order chi connectivity index (χ1) is 9.34. The summed E-state index contributed by atoms with van der Waals surface area (Å²) >= 11 is 5.68. The number of sulfonamides is 1. The van der Waals surface area contributed by atoms with Crippen molar-refractivity contribution in [3.05, 3.63) is 29.0 Å². The normalized spacial score (nSPS) is 22.7. The minimum atomic E-state index is -3.69. The Labute approximate surface area is 123 Å². The predicted octanol–water partition coefficient (Wildman–Crippen LogP) is 2.37. The summed E-state index contributed by atoms with van der Waals surface area (Å²) in [6.07, 6.45) is 2.51. The second-order valence-electron chi connectivity index (χ2n) is 5.11. The van der Waals surface area contributed by atoms with Gasteiger partial charge in [-0.05, 0) is 38.0 Å². The zero-order chi connectivity index (χ0) is 14.9. The van der Waals surface area contributed by atoms with Crippen LogP contribution in [-0.4, -0.2) is 31.4 Å². The Morgan fingerprint density at radius 1 is 1.45 bits per heavy atom. The van der Waals surface area contributed by atoms with Crippen LogP contribution >= 0.6 is 11.6 Å². The van der Waals surface area contributed by atoms with Gasteiger partial charge in [0.2, 0.25) is 10.0 Å². The summed E-state index contributed by atoms with van der Waals surface area (Å²) in [6.45, 7) is 2.24. The lowest BCUT2D eigenvalue weighted by atomic mass is 10.00. The average Bonchev–Trinajstić information content (AvgIpc) is 2.41. The smallest absolute Gasteiger partial charge is 0.243 e. The molecule has 0 amide bonds. The van der Waals surface area contributed by atoms with Crippen LogP contribution in [0.4, 0.5) is 4.39 Å². The van der Waals surface area contributed by atoms with Gasteiger partial charge in [-0.2, -0.15) is 4.31 Å². The molecule has 1 saturated heterocycles. The highest BCUT2D eigenvalue weighted by Gasteiger charge is 2.35. The number of nitrogens with zero attached hydrogens (tertiary/aromatic N) is 1. The third-order valence-corrected chi connectivity index (χ3v) is 5.81. The zero-order valence-corrected chi connectivity index (χ0v) is 12.8. The molecule has 1 fully saturated rings. The topological polar surface area (TPSA) is 63.4 Å². The monoisotopic (exact) mass is 320 g/mol. The van der Waals surface area contributed by atoms with Gasteiger partial charge >= 0.3 is 0 Å². The number of nitrogens with two attached hydrogens (primary N) is 1. The van der Waals surface area contributed by atoms with Crippen LogP contribution in [0, 0.1) is 5.82 Å². The van der Waals surface area contributed by atoms with Crippen molar-refractivity contribution in [2.24, 2.45) is 5.73 Å². The van der Waals surface area contributed by atoms with Gasteiger partial charge in [-0.15, -0.1) is 0 Å². The molecule has 2 N–H and O–H groups in total. The van der Waals surface area contributed by atoms with Crippen molar-refractivity contribution in [1.82, 2.24) is 4.31 Å². The Balaban J connectivity index is 2.39. The quantitative estimate of drug-likeness (QED) is 0.930. The molecule has 2 rings (SSSR count). The molecule has 2 atom stereocenters. The first-order valence-electron chi connectivity index (χ1n) is 6.56. The van der Waals surface area contributed by atoms with Crippen LogP contribution in [0.25, 0.3) is 0 Å². The van der Waals surface area contributed by atoms with Crippen molar-refractivity contribution in [3.63, 3.8) is 0 Å². The molecular formula is C13H18ClFN2O2S. The standard InChI is InChI=1S/C13H18ClFN2O2S/c1-9(16)13-4-2-3-7-17(13)20(18,19)10-5-6-12(15)11(14)8-10/h5-6,8-9,13H,2-4,7,16H2,1H3. The lowest BCUT2D eigenvalue weighted by Gasteiger charge is -2.36. The van der Waals surface area contributed by atoms with E-state index in [-0.39, 0.29) is 22.0 Å². The van der Waals surface area contributed by atoms with Crippen LogP contribution in [0.5, 0.6) is 0 Å². The third-order valence-electron chi connectivity index (χ3n) is 3.60. The van der Waals surface area contributed by atoms with E-state index >= 15 is 0 Å². The molecule has 1 aliphatic heterocycles. The van der Waals surface area contributed by atoms with E-state index in [4.69, 9.17) is 17.3 Å². The van der Waals surface area contributed by atoms with Gasteiger partial charge in [0.15, 0.2) is 0 Å². The maximum atomic E-state index is 13.2. The van der Waals surface area contributed by atoms with Crippen LogP contribution < -0.4 is 5.73 Å². The van der Waals surface area contributed by atoms with Gasteiger partial charge in [-0.1, -0.05) is 18.0 Å². The Morgan fingerprint density at radius 2 is 2.15 bits per heavy atom. The summed E-state index contributed by atoms with van der Waals surface area (Å²) in [5.74, 6) is -0.631. The van der Waals surface area contributed by atoms with E-state index in [1.54, 1.807) is 6.92 Å². The number of hydrogen-bond donors (Lipinski definition) is 1. The van der Waals surface area contributed by atoms with Crippen molar-refractivity contribution in [2.75, 3.05) is 6.54 Å². The summed E-state index contributed by atoms with van der Waals surface area (Å²) in [5.41, 5.74) is 5.89. The molecule has 20 heavy (non-hydrogen) atoms. The molecule has 2 unspecified atom stereocenters. The Morgan fingerprint density at radius 3 is 2.75 bits per heavy atom. The first-order valence-corrected chi connectivity index (χ1v) is 8.38. The van der Waals surface area contributed by atoms with Crippen LogP contribution in [0.15, 0.2) is 23.1 Å². The number of rotatable bonds is 3. The number of benzene rings is 1. The van der Waals surface area contributed by atoms with E-state index in [9.17, 15) is 12.8 Å². The lowest BCUT2D eigenvalue weighted by Crippen LogP contribution is -2.51. The highest BCUT2D eigenvalue weighted by atomic mass is 35.5. The molecule has 0 radical (unpaired) electrons. The van der Waals surface area contributed by atoms with Crippen LogP contribution in [0.1, 0.15) is 26.2 Å². The number of hydrogen-bond acceptors (Lipinski definition) is 3.